The van der Waals surface area contributed by atoms with Gasteiger partial charge in [0.1, 0.15) is 6.10 Å². The quantitative estimate of drug-likeness (QED) is 0.482. The number of guanidine groups is 1. The lowest BCUT2D eigenvalue weighted by Crippen LogP contribution is -2.43. The number of ether oxygens (including phenoxy) is 1. The van der Waals surface area contributed by atoms with Crippen LogP contribution in [0.3, 0.4) is 0 Å². The zero-order valence-electron chi connectivity index (χ0n) is 17.2. The molecule has 0 amide bonds. The fourth-order valence-corrected chi connectivity index (χ4v) is 4.11. The number of halogens is 1. The van der Waals surface area contributed by atoms with Crippen molar-refractivity contribution in [2.24, 2.45) is 4.99 Å². The molecule has 1 aromatic carbocycles. The van der Waals surface area contributed by atoms with E-state index in [1.165, 1.54) is 18.9 Å². The van der Waals surface area contributed by atoms with Crippen molar-refractivity contribution in [1.29, 1.82) is 0 Å². The predicted octanol–water partition coefficient (Wildman–Crippen LogP) is 3.45. The molecule has 0 saturated carbocycles. The van der Waals surface area contributed by atoms with E-state index in [0.29, 0.717) is 12.5 Å². The van der Waals surface area contributed by atoms with Crippen LogP contribution in [0, 0.1) is 5.82 Å². The van der Waals surface area contributed by atoms with Crippen molar-refractivity contribution in [3.8, 4) is 5.75 Å². The van der Waals surface area contributed by atoms with Crippen molar-refractivity contribution in [2.75, 3.05) is 38.1 Å². The molecule has 2 heterocycles. The number of thiazole rings is 1. The van der Waals surface area contributed by atoms with Crippen LogP contribution >= 0.6 is 11.3 Å². The number of nitrogens with one attached hydrogen (secondary N) is 2. The van der Waals surface area contributed by atoms with Gasteiger partial charge in [-0.2, -0.15) is 0 Å². The van der Waals surface area contributed by atoms with Crippen molar-refractivity contribution < 1.29 is 9.13 Å². The molecule has 6 nitrogen and oxygen atoms in total. The number of hydrogen-bond donors (Lipinski definition) is 2. The van der Waals surface area contributed by atoms with E-state index >= 15 is 0 Å². The van der Waals surface area contributed by atoms with Crippen molar-refractivity contribution in [3.05, 3.63) is 41.2 Å². The van der Waals surface area contributed by atoms with Crippen LogP contribution in [0.1, 0.15) is 31.9 Å². The maximum Gasteiger partial charge on any atom is 0.191 e. The first kappa shape index (κ1) is 21.4. The molecule has 2 N–H and O–H groups in total. The molecule has 0 radical (unpaired) electrons. The minimum Gasteiger partial charge on any atom is -0.486 e. The fourth-order valence-electron chi connectivity index (χ4n) is 3.19. The van der Waals surface area contributed by atoms with Gasteiger partial charge in [-0.25, -0.2) is 9.37 Å². The number of anilines is 1. The fraction of sp³-hybridized carbons (Fsp3) is 0.524. The summed E-state index contributed by atoms with van der Waals surface area (Å²) < 4.78 is 19.6. The van der Waals surface area contributed by atoms with Crippen LogP contribution in [0.5, 0.6) is 5.75 Å². The van der Waals surface area contributed by atoms with E-state index in [2.05, 4.69) is 25.9 Å². The molecule has 0 aliphatic carbocycles. The number of hydrogen-bond acceptors (Lipinski definition) is 5. The Morgan fingerprint density at radius 1 is 1.31 bits per heavy atom. The summed E-state index contributed by atoms with van der Waals surface area (Å²) in [6, 6.07) is 6.48. The Morgan fingerprint density at radius 2 is 2.10 bits per heavy atom. The molecule has 1 fully saturated rings. The van der Waals surface area contributed by atoms with Crippen LogP contribution in [0.2, 0.25) is 0 Å². The molecule has 29 heavy (non-hydrogen) atoms. The van der Waals surface area contributed by atoms with Gasteiger partial charge >= 0.3 is 0 Å². The molecule has 8 heteroatoms. The molecule has 158 valence electrons. The van der Waals surface area contributed by atoms with Crippen molar-refractivity contribution >= 4 is 22.4 Å². The highest BCUT2D eigenvalue weighted by Gasteiger charge is 2.16. The maximum atomic E-state index is 13.8. The van der Waals surface area contributed by atoms with E-state index in [0.717, 1.165) is 43.3 Å². The van der Waals surface area contributed by atoms with E-state index in [1.54, 1.807) is 36.6 Å². The topological polar surface area (TPSA) is 61.8 Å². The van der Waals surface area contributed by atoms with Gasteiger partial charge < -0.3 is 20.3 Å². The summed E-state index contributed by atoms with van der Waals surface area (Å²) in [6.07, 6.45) is 3.98. The smallest absolute Gasteiger partial charge is 0.191 e. The molecule has 1 unspecified atom stereocenters. The van der Waals surface area contributed by atoms with Crippen molar-refractivity contribution in [1.82, 2.24) is 15.6 Å². The van der Waals surface area contributed by atoms with Gasteiger partial charge in [-0.15, -0.1) is 11.3 Å². The molecule has 1 aliphatic rings. The SMILES string of the molecule is CCC(CNC(=NC)NCCc1csc(N2CCCC2)n1)Oc1ccccc1F. The van der Waals surface area contributed by atoms with Gasteiger partial charge in [-0.1, -0.05) is 19.1 Å². The summed E-state index contributed by atoms with van der Waals surface area (Å²) >= 11 is 1.72. The zero-order chi connectivity index (χ0) is 20.5. The second-order valence-electron chi connectivity index (χ2n) is 7.02. The normalized spacial score (nSPS) is 15.4. The molecule has 1 aromatic heterocycles. The molecule has 1 saturated heterocycles. The largest absolute Gasteiger partial charge is 0.486 e. The first-order chi connectivity index (χ1) is 14.2. The third-order valence-corrected chi connectivity index (χ3v) is 5.85. The Morgan fingerprint density at radius 3 is 2.83 bits per heavy atom. The summed E-state index contributed by atoms with van der Waals surface area (Å²) in [6.45, 7) is 5.54. The Kier molecular flexibility index (Phi) is 8.10. The first-order valence-corrected chi connectivity index (χ1v) is 11.1. The monoisotopic (exact) mass is 419 g/mol. The minimum absolute atomic E-state index is 0.146. The second-order valence-corrected chi connectivity index (χ2v) is 7.86. The average Bonchev–Trinajstić information content (AvgIpc) is 3.42. The zero-order valence-corrected chi connectivity index (χ0v) is 18.0. The van der Waals surface area contributed by atoms with Gasteiger partial charge in [0.15, 0.2) is 22.7 Å². The van der Waals surface area contributed by atoms with Crippen LogP contribution < -0.4 is 20.3 Å². The van der Waals surface area contributed by atoms with Crippen LogP contribution in [0.4, 0.5) is 9.52 Å². The Labute approximate surface area is 176 Å². The van der Waals surface area contributed by atoms with E-state index in [-0.39, 0.29) is 17.7 Å². The first-order valence-electron chi connectivity index (χ1n) is 10.2. The lowest BCUT2D eigenvalue weighted by molar-refractivity contribution is 0.191. The average molecular weight is 420 g/mol. The second kappa shape index (κ2) is 11.0. The number of aromatic nitrogens is 1. The Hall–Kier alpha value is -2.35. The minimum atomic E-state index is -0.343. The summed E-state index contributed by atoms with van der Waals surface area (Å²) in [4.78, 5) is 11.4. The third-order valence-electron chi connectivity index (χ3n) is 4.90. The van der Waals surface area contributed by atoms with E-state index in [9.17, 15) is 4.39 Å². The molecule has 0 bridgehead atoms. The number of aliphatic imine (C=N–C) groups is 1. The number of nitrogens with zero attached hydrogens (tertiary/aromatic N) is 3. The predicted molar refractivity (Wildman–Crippen MR) is 118 cm³/mol. The number of benzene rings is 1. The Bertz CT molecular complexity index is 791. The van der Waals surface area contributed by atoms with Gasteiger partial charge in [0.05, 0.1) is 12.2 Å². The van der Waals surface area contributed by atoms with Crippen LogP contribution in [0.25, 0.3) is 0 Å². The standard InChI is InChI=1S/C21H30FN5OS/c1-3-17(28-19-9-5-4-8-18(19)22)14-25-20(23-2)24-11-10-16-15-29-21(26-16)27-12-6-7-13-27/h4-5,8-9,15,17H,3,6-7,10-14H2,1-2H3,(H2,23,24,25). The summed E-state index contributed by atoms with van der Waals surface area (Å²) in [7, 11) is 1.74. The molecular weight excluding hydrogens is 389 g/mol. The lowest BCUT2D eigenvalue weighted by atomic mass is 10.2. The highest BCUT2D eigenvalue weighted by molar-refractivity contribution is 7.13. The number of para-hydroxylation sites is 1. The molecule has 2 aromatic rings. The highest BCUT2D eigenvalue weighted by Crippen LogP contribution is 2.24. The highest BCUT2D eigenvalue weighted by atomic mass is 32.1. The molecular formula is C21H30FN5OS. The molecule has 1 aliphatic heterocycles. The van der Waals surface area contributed by atoms with Gasteiger partial charge in [0.25, 0.3) is 0 Å². The summed E-state index contributed by atoms with van der Waals surface area (Å²) in [5.41, 5.74) is 1.11. The lowest BCUT2D eigenvalue weighted by Gasteiger charge is -2.20. The summed E-state index contributed by atoms with van der Waals surface area (Å²) in [5.74, 6) is 0.641. The molecule has 0 spiro atoms. The van der Waals surface area contributed by atoms with Crippen LogP contribution in [-0.4, -0.2) is 50.3 Å². The molecule has 3 rings (SSSR count). The van der Waals surface area contributed by atoms with Gasteiger partial charge in [0, 0.05) is 38.5 Å². The van der Waals surface area contributed by atoms with Crippen LogP contribution in [0.15, 0.2) is 34.6 Å². The number of rotatable bonds is 9. The van der Waals surface area contributed by atoms with Crippen LogP contribution in [-0.2, 0) is 6.42 Å². The van der Waals surface area contributed by atoms with Gasteiger partial charge in [0.2, 0.25) is 0 Å². The van der Waals surface area contributed by atoms with E-state index in [4.69, 9.17) is 9.72 Å². The summed E-state index contributed by atoms with van der Waals surface area (Å²) in [5, 5.41) is 9.85. The Balaban J connectivity index is 1.41. The van der Waals surface area contributed by atoms with Crippen molar-refractivity contribution in [2.45, 2.75) is 38.7 Å². The maximum absolute atomic E-state index is 13.8. The van der Waals surface area contributed by atoms with Crippen molar-refractivity contribution in [3.63, 3.8) is 0 Å². The van der Waals surface area contributed by atoms with E-state index < -0.39 is 0 Å². The van der Waals surface area contributed by atoms with E-state index in [1.807, 2.05) is 6.92 Å². The third kappa shape index (κ3) is 6.32. The molecule has 1 atom stereocenters. The van der Waals surface area contributed by atoms with Gasteiger partial charge in [-0.05, 0) is 31.4 Å². The van der Waals surface area contributed by atoms with Gasteiger partial charge in [-0.3, -0.25) is 4.99 Å².